The molecule has 4 rings (SSSR count). The summed E-state index contributed by atoms with van der Waals surface area (Å²) in [6.45, 7) is 0.192. The molecule has 1 heterocycles. The first kappa shape index (κ1) is 27.8. The summed E-state index contributed by atoms with van der Waals surface area (Å²) in [4.78, 5) is 22.3. The maximum Gasteiger partial charge on any atom is 0.155 e. The van der Waals surface area contributed by atoms with Gasteiger partial charge in [-0.3, -0.25) is 4.79 Å². The van der Waals surface area contributed by atoms with Crippen LogP contribution in [0.4, 0.5) is 5.69 Å². The van der Waals surface area contributed by atoms with E-state index in [1.54, 1.807) is 6.08 Å². The molecule has 194 valence electrons. The summed E-state index contributed by atoms with van der Waals surface area (Å²) in [6.07, 6.45) is 7.24. The highest BCUT2D eigenvalue weighted by atomic mass is 16.2. The number of aromatic amines is 1. The third-order valence-electron chi connectivity index (χ3n) is 6.14. The number of H-pyrrole nitrogens is 1. The van der Waals surface area contributed by atoms with E-state index in [0.717, 1.165) is 59.2 Å². The number of rotatable bonds is 11. The number of aromatic nitrogens is 2. The SMILES string of the molecule is CN.CN(C)c1ccc(-c2ccc3nc(Cc4ccc(/C=C/C(=O)CCCCCO)cc4)[nH]c3c2)cc1. The van der Waals surface area contributed by atoms with E-state index in [4.69, 9.17) is 10.1 Å². The standard InChI is InChI=1S/C30H33N3O2.CH5N/c1-33(2)26-15-12-24(13-16-26)25-14-18-28-29(21-25)32-30(31-28)20-23-9-7-22(8-10-23)11-17-27(35)6-4-3-5-19-34;1-2/h7-18,21,34H,3-6,19-20H2,1-2H3,(H,31,32);2H2,1H3/b17-11+;. The lowest BCUT2D eigenvalue weighted by atomic mass is 10.0. The molecule has 0 radical (unpaired) electrons. The lowest BCUT2D eigenvalue weighted by Gasteiger charge is -2.12. The van der Waals surface area contributed by atoms with Crippen molar-refractivity contribution in [2.45, 2.75) is 32.1 Å². The highest BCUT2D eigenvalue weighted by Gasteiger charge is 2.07. The number of nitrogens with two attached hydrogens (primary N) is 1. The topological polar surface area (TPSA) is 95.2 Å². The third-order valence-corrected chi connectivity index (χ3v) is 6.14. The van der Waals surface area contributed by atoms with E-state index < -0.39 is 0 Å². The lowest BCUT2D eigenvalue weighted by Crippen LogP contribution is -2.07. The minimum absolute atomic E-state index is 0.127. The first-order chi connectivity index (χ1) is 18.0. The average Bonchev–Trinajstić information content (AvgIpc) is 3.33. The fourth-order valence-corrected chi connectivity index (χ4v) is 4.08. The zero-order valence-corrected chi connectivity index (χ0v) is 22.1. The first-order valence-electron chi connectivity index (χ1n) is 12.8. The summed E-state index contributed by atoms with van der Waals surface area (Å²) in [5.41, 5.74) is 12.2. The number of fused-ring (bicyclic) bond motifs is 1. The van der Waals surface area contributed by atoms with E-state index in [0.29, 0.717) is 6.42 Å². The fraction of sp³-hybridized carbons (Fsp3) is 0.290. The molecule has 4 aromatic rings. The van der Waals surface area contributed by atoms with Crippen molar-refractivity contribution in [3.05, 3.63) is 89.8 Å². The van der Waals surface area contributed by atoms with Gasteiger partial charge in [0.15, 0.2) is 5.78 Å². The van der Waals surface area contributed by atoms with E-state index in [9.17, 15) is 4.79 Å². The molecular weight excluding hydrogens is 460 g/mol. The van der Waals surface area contributed by atoms with E-state index >= 15 is 0 Å². The van der Waals surface area contributed by atoms with Gasteiger partial charge in [-0.15, -0.1) is 0 Å². The number of hydrogen-bond donors (Lipinski definition) is 3. The number of imidazole rings is 1. The third kappa shape index (κ3) is 8.13. The maximum absolute atomic E-state index is 12.0. The van der Waals surface area contributed by atoms with Gasteiger partial charge in [0.2, 0.25) is 0 Å². The number of carbonyl (C=O) groups is 1. The van der Waals surface area contributed by atoms with Crippen LogP contribution >= 0.6 is 0 Å². The van der Waals surface area contributed by atoms with Crippen LogP contribution in [0.2, 0.25) is 0 Å². The molecule has 0 saturated carbocycles. The molecule has 0 saturated heterocycles. The molecular formula is C31H38N4O2. The number of aliphatic hydroxyl groups excluding tert-OH is 1. The van der Waals surface area contributed by atoms with Crippen LogP contribution < -0.4 is 10.6 Å². The molecule has 0 aliphatic heterocycles. The van der Waals surface area contributed by atoms with E-state index in [1.807, 2.05) is 32.3 Å². The van der Waals surface area contributed by atoms with Crippen LogP contribution in [0, 0.1) is 0 Å². The van der Waals surface area contributed by atoms with Gasteiger partial charge in [0, 0.05) is 39.2 Å². The number of carbonyl (C=O) groups excluding carboxylic acids is 1. The highest BCUT2D eigenvalue weighted by Crippen LogP contribution is 2.26. The fourth-order valence-electron chi connectivity index (χ4n) is 4.08. The zero-order valence-electron chi connectivity index (χ0n) is 22.1. The Kier molecular flexibility index (Phi) is 10.6. The van der Waals surface area contributed by atoms with Gasteiger partial charge in [0.05, 0.1) is 11.0 Å². The van der Waals surface area contributed by atoms with Gasteiger partial charge < -0.3 is 20.7 Å². The van der Waals surface area contributed by atoms with Gasteiger partial charge in [-0.2, -0.15) is 0 Å². The molecule has 0 unspecified atom stereocenters. The van der Waals surface area contributed by atoms with Gasteiger partial charge in [-0.05, 0) is 72.5 Å². The van der Waals surface area contributed by atoms with Crippen molar-refractivity contribution >= 4 is 28.6 Å². The summed E-state index contributed by atoms with van der Waals surface area (Å²) in [6, 6.07) is 23.1. The van der Waals surface area contributed by atoms with Crippen molar-refractivity contribution in [3.63, 3.8) is 0 Å². The summed E-state index contributed by atoms with van der Waals surface area (Å²) < 4.78 is 0. The molecule has 0 amide bonds. The van der Waals surface area contributed by atoms with Crippen LogP contribution in [0.15, 0.2) is 72.8 Å². The molecule has 3 aromatic carbocycles. The summed E-state index contributed by atoms with van der Waals surface area (Å²) in [5.74, 6) is 1.06. The second-order valence-corrected chi connectivity index (χ2v) is 9.11. The van der Waals surface area contributed by atoms with Crippen molar-refractivity contribution in [3.8, 4) is 11.1 Å². The number of anilines is 1. The summed E-state index contributed by atoms with van der Waals surface area (Å²) in [5, 5.41) is 8.81. The monoisotopic (exact) mass is 498 g/mol. The Morgan fingerprint density at radius 3 is 2.32 bits per heavy atom. The molecule has 0 bridgehead atoms. The zero-order chi connectivity index (χ0) is 26.6. The van der Waals surface area contributed by atoms with Gasteiger partial charge >= 0.3 is 0 Å². The van der Waals surface area contributed by atoms with Crippen molar-refractivity contribution in [2.75, 3.05) is 32.6 Å². The van der Waals surface area contributed by atoms with Crippen molar-refractivity contribution in [1.82, 2.24) is 9.97 Å². The number of allylic oxidation sites excluding steroid dienone is 1. The molecule has 1 aromatic heterocycles. The molecule has 6 heteroatoms. The minimum atomic E-state index is 0.127. The Morgan fingerprint density at radius 2 is 1.65 bits per heavy atom. The number of nitrogens with one attached hydrogen (secondary N) is 1. The molecule has 0 aliphatic rings. The van der Waals surface area contributed by atoms with Gasteiger partial charge in [-0.1, -0.05) is 55.0 Å². The largest absolute Gasteiger partial charge is 0.396 e. The normalized spacial score (nSPS) is 10.9. The predicted molar refractivity (Wildman–Crippen MR) is 155 cm³/mol. The summed E-state index contributed by atoms with van der Waals surface area (Å²) in [7, 11) is 5.59. The minimum Gasteiger partial charge on any atom is -0.396 e. The predicted octanol–water partition coefficient (Wildman–Crippen LogP) is 5.60. The van der Waals surface area contributed by atoms with E-state index in [1.165, 1.54) is 18.3 Å². The lowest BCUT2D eigenvalue weighted by molar-refractivity contribution is -0.114. The number of unbranched alkanes of at least 4 members (excludes halogenated alkanes) is 2. The van der Waals surface area contributed by atoms with E-state index in [2.05, 4.69) is 70.2 Å². The molecule has 0 aliphatic carbocycles. The quantitative estimate of drug-likeness (QED) is 0.185. The van der Waals surface area contributed by atoms with Gasteiger partial charge in [0.25, 0.3) is 0 Å². The van der Waals surface area contributed by atoms with E-state index in [-0.39, 0.29) is 12.4 Å². The summed E-state index contributed by atoms with van der Waals surface area (Å²) >= 11 is 0. The van der Waals surface area contributed by atoms with Crippen molar-refractivity contribution in [1.29, 1.82) is 0 Å². The van der Waals surface area contributed by atoms with Crippen LogP contribution in [-0.4, -0.2) is 48.6 Å². The number of aliphatic hydroxyl groups is 1. The first-order valence-corrected chi connectivity index (χ1v) is 12.8. The smallest absolute Gasteiger partial charge is 0.155 e. The molecule has 0 fully saturated rings. The molecule has 4 N–H and O–H groups in total. The Bertz CT molecular complexity index is 1290. The molecule has 37 heavy (non-hydrogen) atoms. The number of ketones is 1. The Hall–Kier alpha value is -3.74. The Balaban J connectivity index is 0.00000186. The highest BCUT2D eigenvalue weighted by molar-refractivity contribution is 5.93. The van der Waals surface area contributed by atoms with Crippen molar-refractivity contribution in [2.24, 2.45) is 5.73 Å². The van der Waals surface area contributed by atoms with Gasteiger partial charge in [-0.25, -0.2) is 4.98 Å². The molecule has 6 nitrogen and oxygen atoms in total. The molecule has 0 spiro atoms. The van der Waals surface area contributed by atoms with Crippen LogP contribution in [0.1, 0.15) is 42.6 Å². The average molecular weight is 499 g/mol. The number of nitrogens with zero attached hydrogens (tertiary/aromatic N) is 2. The Labute approximate surface area is 219 Å². The number of benzene rings is 3. The van der Waals surface area contributed by atoms with Crippen LogP contribution in [-0.2, 0) is 11.2 Å². The van der Waals surface area contributed by atoms with Gasteiger partial charge in [0.1, 0.15) is 5.82 Å². The number of hydrogen-bond acceptors (Lipinski definition) is 5. The van der Waals surface area contributed by atoms with Crippen molar-refractivity contribution < 1.29 is 9.90 Å². The second-order valence-electron chi connectivity index (χ2n) is 9.11. The second kappa shape index (κ2) is 14.1. The van der Waals surface area contributed by atoms with Crippen LogP contribution in [0.5, 0.6) is 0 Å². The van der Waals surface area contributed by atoms with Crippen LogP contribution in [0.3, 0.4) is 0 Å². The molecule has 0 atom stereocenters. The Morgan fingerprint density at radius 1 is 0.946 bits per heavy atom. The maximum atomic E-state index is 12.0. The van der Waals surface area contributed by atoms with Crippen LogP contribution in [0.25, 0.3) is 28.2 Å².